The number of methoxy groups -OCH3 is 1. The predicted molar refractivity (Wildman–Crippen MR) is 501 cm³/mol. The number of benzene rings is 4. The molecule has 6 amide bonds. The van der Waals surface area contributed by atoms with Gasteiger partial charge in [-0.3, -0.25) is 24.5 Å². The van der Waals surface area contributed by atoms with Gasteiger partial charge in [-0.2, -0.15) is 0 Å². The predicted octanol–water partition coefficient (Wildman–Crippen LogP) is 6.83. The molecule has 1 aliphatic rings. The molecule has 0 spiro atoms. The van der Waals surface area contributed by atoms with Crippen molar-refractivity contribution in [1.82, 2.24) is 10.6 Å². The Kier molecular flexibility index (Phi) is 71.3. The number of Topliss-reactive ketones (excluding diaryl/α,β-unsaturated/α-hetero) is 1. The second-order valence-corrected chi connectivity index (χ2v) is 30.3. The van der Waals surface area contributed by atoms with E-state index in [1.807, 2.05) is 48.5 Å². The summed E-state index contributed by atoms with van der Waals surface area (Å²) in [5.41, 5.74) is 14.5. The van der Waals surface area contributed by atoms with Gasteiger partial charge in [-0.05, 0) is 77.2 Å². The van der Waals surface area contributed by atoms with Gasteiger partial charge in [0, 0.05) is 67.3 Å². The number of primary amides is 1. The number of amides is 6. The van der Waals surface area contributed by atoms with Gasteiger partial charge in [-0.25, -0.2) is 9.59 Å². The lowest BCUT2D eigenvalue weighted by Gasteiger charge is -2.24. The van der Waals surface area contributed by atoms with Gasteiger partial charge in [-0.1, -0.05) is 62.4 Å². The number of ketones is 1. The number of carbonyl (C=O) groups is 6. The fraction of sp³-hybridized carbons (Fsp3) is 0.681. The van der Waals surface area contributed by atoms with Gasteiger partial charge >= 0.3 is 12.1 Å². The summed E-state index contributed by atoms with van der Waals surface area (Å²) in [6.07, 6.45) is 2.87. The van der Waals surface area contributed by atoms with E-state index in [0.29, 0.717) is 345 Å². The number of carbonyl (C=O) groups excluding carboxylic acids is 6. The lowest BCUT2D eigenvalue weighted by molar-refractivity contribution is -0.131. The van der Waals surface area contributed by atoms with Crippen LogP contribution >= 0.6 is 11.6 Å². The van der Waals surface area contributed by atoms with Crippen LogP contribution in [0.3, 0.4) is 0 Å². The minimum atomic E-state index is -0.888. The SMILES string of the molecule is COc1ccc(/C=C/C(=O)N2CC(CCl)c3c2cc(NC(=O)OCc2ccc(NC(=O)C(CCCNC(N)=O)CC(=O)C(NC(=O)CCOCCOCCOCCOCCOCCOCCOCCOCCOCCOCCOCCOCCOCCOCCOCCOCCOCCOCCOCCOCCOCCOCCOCCOCCN)C(C)C)cc2)c2ccccc32)cc1. The van der Waals surface area contributed by atoms with Crippen LogP contribution in [0.2, 0.25) is 0 Å². The summed E-state index contributed by atoms with van der Waals surface area (Å²) < 4.78 is 143. The van der Waals surface area contributed by atoms with E-state index in [-0.39, 0.29) is 81.6 Å². The van der Waals surface area contributed by atoms with Crippen molar-refractivity contribution in [1.29, 1.82) is 0 Å². The van der Waals surface area contributed by atoms with Gasteiger partial charge in [0.25, 0.3) is 5.91 Å². The van der Waals surface area contributed by atoms with Crippen LogP contribution in [-0.2, 0) is 144 Å². The summed E-state index contributed by atoms with van der Waals surface area (Å²) in [4.78, 5) is 81.3. The lowest BCUT2D eigenvalue weighted by atomic mass is 9.89. The zero-order chi connectivity index (χ0) is 95.7. The molecule has 0 aliphatic carbocycles. The van der Waals surface area contributed by atoms with Crippen LogP contribution < -0.4 is 42.4 Å². The number of nitrogens with two attached hydrogens (primary N) is 2. The van der Waals surface area contributed by atoms with Crippen molar-refractivity contribution in [3.8, 4) is 5.75 Å². The fourth-order valence-corrected chi connectivity index (χ4v) is 12.9. The van der Waals surface area contributed by atoms with E-state index in [1.165, 1.54) is 6.08 Å². The Balaban J connectivity index is 0.719. The maximum atomic E-state index is 13.9. The molecule has 5 rings (SSSR count). The summed E-state index contributed by atoms with van der Waals surface area (Å²) in [5, 5.41) is 12.7. The Hall–Kier alpha value is -7.41. The average molecular weight is 1930 g/mol. The minimum Gasteiger partial charge on any atom is -0.497 e. The number of alkyl halides is 1. The van der Waals surface area contributed by atoms with Crippen LogP contribution in [0.25, 0.3) is 16.8 Å². The normalized spacial score (nSPS) is 13.0. The zero-order valence-corrected chi connectivity index (χ0v) is 79.6. The van der Waals surface area contributed by atoms with Crippen molar-refractivity contribution in [3.63, 3.8) is 0 Å². The lowest BCUT2D eigenvalue weighted by Crippen LogP contribution is -2.45. The maximum absolute atomic E-state index is 13.9. The maximum Gasteiger partial charge on any atom is 0.411 e. The minimum absolute atomic E-state index is 0.00931. The number of nitrogens with one attached hydrogen (secondary N) is 4. The van der Waals surface area contributed by atoms with Crippen LogP contribution in [0, 0.1) is 11.8 Å². The van der Waals surface area contributed by atoms with E-state index >= 15 is 0 Å². The summed E-state index contributed by atoms with van der Waals surface area (Å²) in [6, 6.07) is 21.8. The Morgan fingerprint density at radius 3 is 1.16 bits per heavy atom. The highest BCUT2D eigenvalue weighted by Crippen LogP contribution is 2.45. The number of hydrogen-bond donors (Lipinski definition) is 6. The number of fused-ring (bicyclic) bond motifs is 3. The quantitative estimate of drug-likeness (QED) is 0.0150. The molecular weight excluding hydrogens is 1770 g/mol. The third-order valence-corrected chi connectivity index (χ3v) is 19.8. The second kappa shape index (κ2) is 81.6. The monoisotopic (exact) mass is 1920 g/mol. The van der Waals surface area contributed by atoms with Crippen LogP contribution in [-0.4, -0.2) is 391 Å². The third-order valence-electron chi connectivity index (χ3n) is 19.4. The summed E-state index contributed by atoms with van der Waals surface area (Å²) in [5.74, 6) is -1.72. The first-order valence-corrected chi connectivity index (χ1v) is 46.8. The van der Waals surface area contributed by atoms with Crippen LogP contribution in [0.5, 0.6) is 5.75 Å². The highest BCUT2D eigenvalue weighted by Gasteiger charge is 2.35. The number of urea groups is 1. The number of nitrogens with zero attached hydrogens (tertiary/aromatic N) is 1. The Bertz CT molecular complexity index is 3650. The first-order valence-electron chi connectivity index (χ1n) is 46.3. The molecule has 0 saturated heterocycles. The summed E-state index contributed by atoms with van der Waals surface area (Å²) >= 11 is 6.51. The van der Waals surface area contributed by atoms with E-state index in [2.05, 4.69) is 21.3 Å². The van der Waals surface area contributed by atoms with Crippen molar-refractivity contribution in [2.24, 2.45) is 23.3 Å². The Labute approximate surface area is 794 Å². The van der Waals surface area contributed by atoms with Crippen molar-refractivity contribution >= 4 is 81.1 Å². The second-order valence-electron chi connectivity index (χ2n) is 30.0. The first-order chi connectivity index (χ1) is 65.8. The first kappa shape index (κ1) is 117. The molecule has 8 N–H and O–H groups in total. The molecular formula is C94H150ClN7O32. The topological polar surface area (TPSA) is 446 Å². The highest BCUT2D eigenvalue weighted by atomic mass is 35.5. The molecule has 3 atom stereocenters. The summed E-state index contributed by atoms with van der Waals surface area (Å²) in [7, 11) is 1.59. The molecule has 0 aromatic heterocycles. The van der Waals surface area contributed by atoms with Crippen LogP contribution in [0.1, 0.15) is 62.1 Å². The molecule has 0 saturated carbocycles. The number of ether oxygens (including phenoxy) is 26. The Morgan fingerprint density at radius 1 is 0.455 bits per heavy atom. The molecule has 1 heterocycles. The van der Waals surface area contributed by atoms with Crippen molar-refractivity contribution in [2.45, 2.75) is 58.1 Å². The van der Waals surface area contributed by atoms with E-state index in [1.54, 1.807) is 62.3 Å². The third kappa shape index (κ3) is 59.0. The smallest absolute Gasteiger partial charge is 0.411 e. The van der Waals surface area contributed by atoms with E-state index in [4.69, 9.17) is 146 Å². The van der Waals surface area contributed by atoms with Gasteiger partial charge in [-0.15, -0.1) is 11.6 Å². The standard InChI is InChI=1S/C94H150ClN7O32/c1-76(2)91(87(103)71-79(7-6-22-98-93(97)107)92(106)99-81-15-10-78(11-16-81)75-134-94(108)100-85-72-86-90(84-9-5-4-8-83(84)85)80(73-95)74-102(86)89(105)19-14-77-12-17-82(109-3)18-13-77)101-88(104)20-23-110-25-27-112-29-31-114-33-35-116-37-39-118-41-43-120-45-47-122-49-51-124-53-55-126-57-59-128-61-63-130-65-67-132-69-70-133-68-66-131-64-62-129-60-58-127-56-54-125-52-50-123-48-46-121-44-42-119-40-38-117-36-34-115-32-30-113-28-26-111-24-21-96/h4-5,8-19,72,76,79-80,91H,6-7,20-71,73-75,96H2,1-3H3,(H,99,106)(H,100,108)(H,101,104)(H3,97,98,107)/b19-14+. The number of rotatable bonds is 92. The highest BCUT2D eigenvalue weighted by molar-refractivity contribution is 6.19. The summed E-state index contributed by atoms with van der Waals surface area (Å²) in [6.45, 7) is 25.9. The van der Waals surface area contributed by atoms with Crippen molar-refractivity contribution < 1.29 is 152 Å². The molecule has 0 radical (unpaired) electrons. The van der Waals surface area contributed by atoms with Gasteiger partial charge in [0.15, 0.2) is 5.78 Å². The van der Waals surface area contributed by atoms with Gasteiger partial charge in [0.1, 0.15) is 12.4 Å². The van der Waals surface area contributed by atoms with E-state index in [0.717, 1.165) is 21.9 Å². The van der Waals surface area contributed by atoms with E-state index < -0.39 is 35.9 Å². The molecule has 0 bridgehead atoms. The molecule has 4 aromatic rings. The fourth-order valence-electron chi connectivity index (χ4n) is 12.6. The molecule has 0 fully saturated rings. The van der Waals surface area contributed by atoms with Gasteiger partial charge in [0.05, 0.1) is 342 Å². The molecule has 1 aliphatic heterocycles. The average Bonchev–Trinajstić information content (AvgIpc) is 1.57. The van der Waals surface area contributed by atoms with Gasteiger partial charge in [0.2, 0.25) is 11.8 Å². The largest absolute Gasteiger partial charge is 0.497 e. The number of hydrogen-bond acceptors (Lipinski definition) is 33. The molecule has 4 aromatic carbocycles. The van der Waals surface area contributed by atoms with Crippen molar-refractivity contribution in [3.05, 3.63) is 102 Å². The molecule has 134 heavy (non-hydrogen) atoms. The van der Waals surface area contributed by atoms with Crippen molar-refractivity contribution in [2.75, 3.05) is 365 Å². The van der Waals surface area contributed by atoms with Crippen LogP contribution in [0.15, 0.2) is 84.9 Å². The zero-order valence-electron chi connectivity index (χ0n) is 78.8. The van der Waals surface area contributed by atoms with Gasteiger partial charge < -0.3 is 155 Å². The Morgan fingerprint density at radius 2 is 0.813 bits per heavy atom. The van der Waals surface area contributed by atoms with E-state index in [9.17, 15) is 28.8 Å². The molecule has 760 valence electrons. The molecule has 3 unspecified atom stereocenters. The van der Waals surface area contributed by atoms with Crippen LogP contribution in [0.4, 0.5) is 26.7 Å². The number of halogens is 1. The molecule has 40 heteroatoms. The molecule has 39 nitrogen and oxygen atoms in total. The number of anilines is 3.